The molecule has 0 spiro atoms. The van der Waals surface area contributed by atoms with Crippen LogP contribution < -0.4 is 14.8 Å². The lowest BCUT2D eigenvalue weighted by molar-refractivity contribution is 0.0933. The number of carbonyl (C=O) groups is 2. The number of anilines is 1. The number of nitrogens with one attached hydrogen (secondary N) is 1. The van der Waals surface area contributed by atoms with Gasteiger partial charge in [-0.25, -0.2) is 0 Å². The van der Waals surface area contributed by atoms with Crippen molar-refractivity contribution in [3.05, 3.63) is 52.6 Å². The summed E-state index contributed by atoms with van der Waals surface area (Å²) in [6, 6.07) is 9.21. The van der Waals surface area contributed by atoms with Crippen LogP contribution >= 0.6 is 0 Å². The van der Waals surface area contributed by atoms with Gasteiger partial charge in [0.15, 0.2) is 5.78 Å². The molecule has 0 bridgehead atoms. The molecule has 0 aliphatic carbocycles. The topological polar surface area (TPSA) is 67.9 Å². The van der Waals surface area contributed by atoms with E-state index in [1.54, 1.807) is 12.1 Å². The molecule has 0 aromatic heterocycles. The van der Waals surface area contributed by atoms with Crippen LogP contribution in [0.1, 0.15) is 59.5 Å². The molecule has 0 atom stereocenters. The Balaban J connectivity index is 2.00. The largest absolute Gasteiger partial charge is 0.496 e. The molecule has 1 amide bonds. The number of amides is 1. The summed E-state index contributed by atoms with van der Waals surface area (Å²) in [6.07, 6.45) is 0.759. The minimum atomic E-state index is -0.307. The van der Waals surface area contributed by atoms with Gasteiger partial charge in [0.1, 0.15) is 11.5 Å². The first kappa shape index (κ1) is 22.8. The van der Waals surface area contributed by atoms with Crippen LogP contribution in [0.3, 0.4) is 0 Å². The standard InChI is InChI=1S/C25H32N2O4/c1-15(2)24(28)19-12-20(22(30-6)13-23(19)31-16(3)4)25(29)26-21-9-7-8-17-14-27(5)11-10-18(17)21/h7-9,12-13,15-16H,10-11,14H2,1-6H3,(H,26,29). The average Bonchev–Trinajstić information content (AvgIpc) is 2.72. The minimum absolute atomic E-state index is 0.0764. The number of ketones is 1. The number of hydrogen-bond donors (Lipinski definition) is 1. The lowest BCUT2D eigenvalue weighted by Gasteiger charge is -2.27. The maximum absolute atomic E-state index is 13.3. The lowest BCUT2D eigenvalue weighted by Crippen LogP contribution is -2.27. The van der Waals surface area contributed by atoms with Gasteiger partial charge in [-0.05, 0) is 50.6 Å². The molecule has 1 aliphatic heterocycles. The molecule has 2 aromatic rings. The van der Waals surface area contributed by atoms with Crippen molar-refractivity contribution in [1.29, 1.82) is 0 Å². The van der Waals surface area contributed by atoms with E-state index in [-0.39, 0.29) is 23.7 Å². The van der Waals surface area contributed by atoms with Crippen LogP contribution in [-0.4, -0.2) is 43.4 Å². The van der Waals surface area contributed by atoms with Gasteiger partial charge in [0.2, 0.25) is 0 Å². The summed E-state index contributed by atoms with van der Waals surface area (Å²) < 4.78 is 11.3. The number of hydrogen-bond acceptors (Lipinski definition) is 5. The molecule has 0 fully saturated rings. The molecule has 1 aliphatic rings. The molecule has 0 unspecified atom stereocenters. The number of nitrogens with zero attached hydrogens (tertiary/aromatic N) is 1. The van der Waals surface area contributed by atoms with Crippen LogP contribution in [0.2, 0.25) is 0 Å². The first-order chi connectivity index (χ1) is 14.7. The van der Waals surface area contributed by atoms with Crippen LogP contribution in [0, 0.1) is 5.92 Å². The van der Waals surface area contributed by atoms with E-state index in [1.165, 1.54) is 12.7 Å². The molecule has 31 heavy (non-hydrogen) atoms. The fourth-order valence-electron chi connectivity index (χ4n) is 3.82. The first-order valence-corrected chi connectivity index (χ1v) is 10.7. The van der Waals surface area contributed by atoms with Crippen LogP contribution in [0.15, 0.2) is 30.3 Å². The van der Waals surface area contributed by atoms with E-state index in [0.717, 1.165) is 30.8 Å². The van der Waals surface area contributed by atoms with Crippen molar-refractivity contribution < 1.29 is 19.1 Å². The Bertz CT molecular complexity index is 982. The highest BCUT2D eigenvalue weighted by molar-refractivity contribution is 6.09. The van der Waals surface area contributed by atoms with Gasteiger partial charge >= 0.3 is 0 Å². The highest BCUT2D eigenvalue weighted by Gasteiger charge is 2.24. The third kappa shape index (κ3) is 5.07. The van der Waals surface area contributed by atoms with Gasteiger partial charge in [-0.15, -0.1) is 0 Å². The van der Waals surface area contributed by atoms with Crippen molar-refractivity contribution in [1.82, 2.24) is 4.90 Å². The molecular formula is C25H32N2O4. The van der Waals surface area contributed by atoms with E-state index < -0.39 is 0 Å². The maximum Gasteiger partial charge on any atom is 0.259 e. The van der Waals surface area contributed by atoms with Gasteiger partial charge in [-0.2, -0.15) is 0 Å². The van der Waals surface area contributed by atoms with Crippen LogP contribution in [0.25, 0.3) is 0 Å². The second-order valence-electron chi connectivity index (χ2n) is 8.62. The maximum atomic E-state index is 13.3. The molecule has 166 valence electrons. The van der Waals surface area contributed by atoms with Crippen molar-refractivity contribution in [3.8, 4) is 11.5 Å². The summed E-state index contributed by atoms with van der Waals surface area (Å²) in [6.45, 7) is 9.25. The van der Waals surface area contributed by atoms with Crippen molar-refractivity contribution in [2.75, 3.05) is 26.0 Å². The van der Waals surface area contributed by atoms with Crippen molar-refractivity contribution in [2.45, 2.75) is 46.8 Å². The van der Waals surface area contributed by atoms with E-state index >= 15 is 0 Å². The third-order valence-corrected chi connectivity index (χ3v) is 5.40. The van der Waals surface area contributed by atoms with Gasteiger partial charge in [-0.1, -0.05) is 26.0 Å². The Morgan fingerprint density at radius 2 is 1.81 bits per heavy atom. The highest BCUT2D eigenvalue weighted by Crippen LogP contribution is 2.33. The van der Waals surface area contributed by atoms with E-state index in [0.29, 0.717) is 22.6 Å². The molecule has 6 nitrogen and oxygen atoms in total. The minimum Gasteiger partial charge on any atom is -0.496 e. The van der Waals surface area contributed by atoms with E-state index in [1.807, 2.05) is 39.8 Å². The molecule has 3 rings (SSSR count). The Morgan fingerprint density at radius 1 is 1.06 bits per heavy atom. The Morgan fingerprint density at radius 3 is 2.45 bits per heavy atom. The monoisotopic (exact) mass is 424 g/mol. The predicted molar refractivity (Wildman–Crippen MR) is 122 cm³/mol. The molecule has 0 radical (unpaired) electrons. The van der Waals surface area contributed by atoms with Crippen molar-refractivity contribution in [2.24, 2.45) is 5.92 Å². The van der Waals surface area contributed by atoms with E-state index in [9.17, 15) is 9.59 Å². The zero-order valence-corrected chi connectivity index (χ0v) is 19.2. The van der Waals surface area contributed by atoms with Crippen molar-refractivity contribution >= 4 is 17.4 Å². The lowest BCUT2D eigenvalue weighted by atomic mass is 9.96. The summed E-state index contributed by atoms with van der Waals surface area (Å²) in [4.78, 5) is 28.4. The normalized spacial score (nSPS) is 13.8. The Hall–Kier alpha value is -2.86. The zero-order valence-electron chi connectivity index (χ0n) is 19.2. The van der Waals surface area contributed by atoms with E-state index in [2.05, 4.69) is 23.3 Å². The third-order valence-electron chi connectivity index (χ3n) is 5.40. The fraction of sp³-hybridized carbons (Fsp3) is 0.440. The van der Waals surface area contributed by atoms with Gasteiger partial charge in [0.05, 0.1) is 24.3 Å². The highest BCUT2D eigenvalue weighted by atomic mass is 16.5. The van der Waals surface area contributed by atoms with Gasteiger partial charge in [0.25, 0.3) is 5.91 Å². The smallest absolute Gasteiger partial charge is 0.259 e. The first-order valence-electron chi connectivity index (χ1n) is 10.7. The average molecular weight is 425 g/mol. The molecule has 1 heterocycles. The Labute approximate surface area is 184 Å². The number of fused-ring (bicyclic) bond motifs is 1. The summed E-state index contributed by atoms with van der Waals surface area (Å²) in [5.41, 5.74) is 3.89. The number of rotatable bonds is 7. The summed E-state index contributed by atoms with van der Waals surface area (Å²) >= 11 is 0. The van der Waals surface area contributed by atoms with Gasteiger partial charge < -0.3 is 19.7 Å². The summed E-state index contributed by atoms with van der Waals surface area (Å²) in [5, 5.41) is 3.04. The van der Waals surface area contributed by atoms with Crippen molar-refractivity contribution in [3.63, 3.8) is 0 Å². The fourth-order valence-corrected chi connectivity index (χ4v) is 3.82. The molecule has 2 aromatic carbocycles. The SMILES string of the molecule is COc1cc(OC(C)C)c(C(=O)C(C)C)cc1C(=O)Nc1cccc2c1CCN(C)C2. The van der Waals surface area contributed by atoms with Crippen LogP contribution in [0.5, 0.6) is 11.5 Å². The Kier molecular flexibility index (Phi) is 7.01. The molecular weight excluding hydrogens is 392 g/mol. The summed E-state index contributed by atoms with van der Waals surface area (Å²) in [7, 11) is 3.60. The number of likely N-dealkylation sites (N-methyl/N-ethyl adjacent to an activating group) is 1. The van der Waals surface area contributed by atoms with E-state index in [4.69, 9.17) is 9.47 Å². The number of methoxy groups -OCH3 is 1. The number of benzene rings is 2. The molecule has 0 saturated heterocycles. The zero-order chi connectivity index (χ0) is 22.7. The number of carbonyl (C=O) groups excluding carboxylic acids is 2. The molecule has 6 heteroatoms. The quantitative estimate of drug-likeness (QED) is 0.660. The predicted octanol–water partition coefficient (Wildman–Crippen LogP) is 4.56. The van der Waals surface area contributed by atoms with Gasteiger partial charge in [-0.3, -0.25) is 9.59 Å². The second-order valence-corrected chi connectivity index (χ2v) is 8.62. The molecule has 1 N–H and O–H groups in total. The van der Waals surface area contributed by atoms with Gasteiger partial charge in [0, 0.05) is 30.8 Å². The second kappa shape index (κ2) is 9.52. The number of ether oxygens (including phenoxy) is 2. The number of Topliss-reactive ketones (excluding diaryl/α,β-unsaturated/α-hetero) is 1. The summed E-state index contributed by atoms with van der Waals surface area (Å²) in [5.74, 6) is 0.197. The molecule has 0 saturated carbocycles. The van der Waals surface area contributed by atoms with Crippen LogP contribution in [-0.2, 0) is 13.0 Å². The van der Waals surface area contributed by atoms with Crippen LogP contribution in [0.4, 0.5) is 5.69 Å².